The van der Waals surface area contributed by atoms with Crippen LogP contribution in [0.2, 0.25) is 0 Å². The van der Waals surface area contributed by atoms with Crippen molar-refractivity contribution in [1.29, 1.82) is 0 Å². The molecule has 6 rings (SSSR count). The number of aryl methyl sites for hydroxylation is 2. The van der Waals surface area contributed by atoms with Crippen molar-refractivity contribution < 1.29 is 19.4 Å². The fourth-order valence-corrected chi connectivity index (χ4v) is 6.03. The minimum atomic E-state index is -0.796. The van der Waals surface area contributed by atoms with Gasteiger partial charge in [0.05, 0.1) is 21.8 Å². The number of hydrogen-bond donors (Lipinski definition) is 1. The summed E-state index contributed by atoms with van der Waals surface area (Å²) in [5, 5.41) is 11.9. The van der Waals surface area contributed by atoms with E-state index >= 15 is 0 Å². The Morgan fingerprint density at radius 1 is 1.03 bits per heavy atom. The molecule has 0 saturated carbocycles. The molecule has 0 radical (unpaired) electrons. The number of rotatable bonds is 3. The van der Waals surface area contributed by atoms with Crippen molar-refractivity contribution in [2.45, 2.75) is 39.3 Å². The highest BCUT2D eigenvalue weighted by atomic mass is 32.1. The minimum absolute atomic E-state index is 0.0539. The summed E-state index contributed by atoms with van der Waals surface area (Å²) < 4.78 is 6.72. The number of aliphatic hydroxyl groups is 1. The molecule has 2 unspecified atom stereocenters. The quantitative estimate of drug-likeness (QED) is 0.218. The van der Waals surface area contributed by atoms with Gasteiger partial charge >= 0.3 is 5.91 Å². The molecule has 0 spiro atoms. The molecule has 2 aliphatic heterocycles. The predicted molar refractivity (Wildman–Crippen MR) is 141 cm³/mol. The lowest BCUT2D eigenvalue weighted by atomic mass is 9.94. The van der Waals surface area contributed by atoms with Crippen molar-refractivity contribution in [2.75, 3.05) is 4.90 Å². The van der Waals surface area contributed by atoms with Crippen LogP contribution in [0.25, 0.3) is 16.0 Å². The number of aromatic nitrogens is 1. The van der Waals surface area contributed by atoms with Gasteiger partial charge in [0.15, 0.2) is 5.13 Å². The molecular formula is C29H24N2O4S. The van der Waals surface area contributed by atoms with Crippen molar-refractivity contribution in [2.24, 2.45) is 0 Å². The molecule has 6 nitrogen and oxygen atoms in total. The van der Waals surface area contributed by atoms with Crippen LogP contribution in [0.3, 0.4) is 0 Å². The number of thiazole rings is 1. The Labute approximate surface area is 212 Å². The van der Waals surface area contributed by atoms with Gasteiger partial charge in [-0.25, -0.2) is 4.98 Å². The summed E-state index contributed by atoms with van der Waals surface area (Å²) >= 11 is 1.36. The lowest BCUT2D eigenvalue weighted by molar-refractivity contribution is -0.132. The van der Waals surface area contributed by atoms with Crippen LogP contribution in [0.5, 0.6) is 5.75 Å². The molecule has 3 aromatic carbocycles. The molecule has 1 N–H and O–H groups in total. The second-order valence-corrected chi connectivity index (χ2v) is 10.5. The van der Waals surface area contributed by atoms with Crippen molar-refractivity contribution in [3.05, 3.63) is 94.1 Å². The van der Waals surface area contributed by atoms with Gasteiger partial charge in [-0.2, -0.15) is 0 Å². The Balaban J connectivity index is 1.53. The van der Waals surface area contributed by atoms with Crippen LogP contribution in [0, 0.1) is 13.8 Å². The fourth-order valence-electron chi connectivity index (χ4n) is 4.94. The van der Waals surface area contributed by atoms with Gasteiger partial charge in [-0.15, -0.1) is 0 Å². The van der Waals surface area contributed by atoms with Crippen LogP contribution in [-0.4, -0.2) is 27.9 Å². The normalized spacial score (nSPS) is 20.7. The number of amides is 1. The molecule has 1 fully saturated rings. The first-order valence-electron chi connectivity index (χ1n) is 11.8. The summed E-state index contributed by atoms with van der Waals surface area (Å²) in [5.41, 5.74) is 5.15. The highest BCUT2D eigenvalue weighted by molar-refractivity contribution is 7.22. The van der Waals surface area contributed by atoms with Crippen LogP contribution < -0.4 is 9.64 Å². The van der Waals surface area contributed by atoms with E-state index < -0.39 is 17.7 Å². The predicted octanol–water partition coefficient (Wildman–Crippen LogP) is 5.86. The smallest absolute Gasteiger partial charge is 0.301 e. The van der Waals surface area contributed by atoms with Crippen LogP contribution in [0.4, 0.5) is 5.13 Å². The Morgan fingerprint density at radius 2 is 1.78 bits per heavy atom. The molecular weight excluding hydrogens is 472 g/mol. The summed E-state index contributed by atoms with van der Waals surface area (Å²) in [6, 6.07) is 18.1. The number of carbonyl (C=O) groups is 2. The van der Waals surface area contributed by atoms with E-state index in [1.165, 1.54) is 16.2 Å². The molecule has 2 aliphatic rings. The topological polar surface area (TPSA) is 79.7 Å². The Morgan fingerprint density at radius 3 is 2.56 bits per heavy atom. The third-order valence-corrected chi connectivity index (χ3v) is 7.76. The second kappa shape index (κ2) is 8.31. The number of benzene rings is 3. The summed E-state index contributed by atoms with van der Waals surface area (Å²) in [7, 11) is 0. The number of hydrogen-bond acceptors (Lipinski definition) is 6. The van der Waals surface area contributed by atoms with Crippen molar-refractivity contribution in [3.63, 3.8) is 0 Å². The zero-order chi connectivity index (χ0) is 25.1. The minimum Gasteiger partial charge on any atom is -0.507 e. The van der Waals surface area contributed by atoms with E-state index in [0.717, 1.165) is 44.6 Å². The molecule has 4 aromatic rings. The number of fused-ring (bicyclic) bond motifs is 2. The van der Waals surface area contributed by atoms with Crippen LogP contribution in [0.15, 0.2) is 66.2 Å². The van der Waals surface area contributed by atoms with Crippen molar-refractivity contribution in [1.82, 2.24) is 4.98 Å². The van der Waals surface area contributed by atoms with E-state index in [0.29, 0.717) is 10.7 Å². The van der Waals surface area contributed by atoms with Gasteiger partial charge in [-0.1, -0.05) is 47.2 Å². The van der Waals surface area contributed by atoms with Gasteiger partial charge in [0.1, 0.15) is 17.6 Å². The maximum absolute atomic E-state index is 13.5. The zero-order valence-electron chi connectivity index (χ0n) is 20.1. The molecule has 180 valence electrons. The van der Waals surface area contributed by atoms with Gasteiger partial charge in [-0.3, -0.25) is 14.5 Å². The van der Waals surface area contributed by atoms with E-state index in [9.17, 15) is 14.7 Å². The van der Waals surface area contributed by atoms with E-state index in [1.54, 1.807) is 12.1 Å². The zero-order valence-corrected chi connectivity index (χ0v) is 20.9. The molecule has 0 aliphatic carbocycles. The summed E-state index contributed by atoms with van der Waals surface area (Å²) in [5.74, 6) is -0.838. The summed E-state index contributed by atoms with van der Waals surface area (Å²) in [4.78, 5) is 33.0. The lowest BCUT2D eigenvalue weighted by Crippen LogP contribution is -2.29. The van der Waals surface area contributed by atoms with Gasteiger partial charge < -0.3 is 9.84 Å². The number of Topliss-reactive ketones (excluding diaryl/α,β-unsaturated/α-hetero) is 1. The van der Waals surface area contributed by atoms with Crippen LogP contribution in [0.1, 0.15) is 40.8 Å². The molecule has 1 saturated heterocycles. The molecule has 0 bridgehead atoms. The van der Waals surface area contributed by atoms with Crippen LogP contribution >= 0.6 is 11.3 Å². The van der Waals surface area contributed by atoms with Gasteiger partial charge in [0, 0.05) is 12.0 Å². The first-order chi connectivity index (χ1) is 17.3. The third kappa shape index (κ3) is 3.58. The largest absolute Gasteiger partial charge is 0.507 e. The Kier molecular flexibility index (Phi) is 5.19. The highest BCUT2D eigenvalue weighted by Gasteiger charge is 2.48. The maximum Gasteiger partial charge on any atom is 0.301 e. The number of anilines is 1. The Hall–Kier alpha value is -3.97. The first kappa shape index (κ1) is 22.5. The average Bonchev–Trinajstić information content (AvgIpc) is 3.51. The van der Waals surface area contributed by atoms with Crippen molar-refractivity contribution >= 4 is 44.1 Å². The van der Waals surface area contributed by atoms with Gasteiger partial charge in [0.25, 0.3) is 5.78 Å². The van der Waals surface area contributed by atoms with E-state index in [4.69, 9.17) is 4.74 Å². The second-order valence-electron chi connectivity index (χ2n) is 9.50. The lowest BCUT2D eigenvalue weighted by Gasteiger charge is -2.23. The SMILES string of the molecule is Cc1ccc(C2/C(=C(/O)c3ccc4c(c3)CC(C)O4)C(=O)C(=O)N2c2nc3ccc(C)cc3s2)cc1. The van der Waals surface area contributed by atoms with Gasteiger partial charge in [-0.05, 0) is 67.8 Å². The third-order valence-electron chi connectivity index (χ3n) is 6.75. The number of aliphatic hydroxyl groups excluding tert-OH is 1. The molecule has 3 heterocycles. The molecule has 2 atom stereocenters. The van der Waals surface area contributed by atoms with Crippen molar-refractivity contribution in [3.8, 4) is 5.75 Å². The van der Waals surface area contributed by atoms with Gasteiger partial charge in [0.2, 0.25) is 0 Å². The summed E-state index contributed by atoms with van der Waals surface area (Å²) in [6.45, 7) is 5.96. The van der Waals surface area contributed by atoms with E-state index in [-0.39, 0.29) is 17.4 Å². The van der Waals surface area contributed by atoms with E-state index in [2.05, 4.69) is 4.98 Å². The molecule has 7 heteroatoms. The standard InChI is InChI=1S/C29H24N2O4S/c1-15-4-7-18(8-5-15)25-24(26(32)19-9-11-22-20(14-19)13-17(3)35-22)27(33)28(34)31(25)29-30-21-10-6-16(2)12-23(21)36-29/h4-12,14,17,25,32H,13H2,1-3H3/b26-24-. The maximum atomic E-state index is 13.5. The average molecular weight is 497 g/mol. The molecule has 1 aromatic heterocycles. The van der Waals surface area contributed by atoms with Crippen LogP contribution in [-0.2, 0) is 16.0 Å². The van der Waals surface area contributed by atoms with E-state index in [1.807, 2.05) is 69.3 Å². The highest BCUT2D eigenvalue weighted by Crippen LogP contribution is 2.45. The number of carbonyl (C=O) groups excluding carboxylic acids is 2. The summed E-state index contributed by atoms with van der Waals surface area (Å²) in [6.07, 6.45) is 0.773. The number of ketones is 1. The monoisotopic (exact) mass is 496 g/mol. The molecule has 36 heavy (non-hydrogen) atoms. The number of ether oxygens (including phenoxy) is 1. The Bertz CT molecular complexity index is 1580. The molecule has 1 amide bonds. The fraction of sp³-hybridized carbons (Fsp3) is 0.207. The number of nitrogens with zero attached hydrogens (tertiary/aromatic N) is 2. The first-order valence-corrected chi connectivity index (χ1v) is 12.7.